The maximum absolute atomic E-state index is 13.0. The zero-order valence-electron chi connectivity index (χ0n) is 21.0. The van der Waals surface area contributed by atoms with E-state index >= 15 is 0 Å². The van der Waals surface area contributed by atoms with Crippen molar-refractivity contribution >= 4 is 43.6 Å². The van der Waals surface area contributed by atoms with Crippen LogP contribution in [0.2, 0.25) is 0 Å². The molecule has 3 aromatic rings. The van der Waals surface area contributed by atoms with Crippen molar-refractivity contribution < 1.29 is 13.2 Å². The van der Waals surface area contributed by atoms with E-state index in [9.17, 15) is 18.5 Å². The lowest BCUT2D eigenvalue weighted by Crippen LogP contribution is -2.31. The highest BCUT2D eigenvalue weighted by Gasteiger charge is 2.24. The lowest BCUT2D eigenvalue weighted by molar-refractivity contribution is -0.112. The Labute approximate surface area is 221 Å². The largest absolute Gasteiger partial charge is 0.321 e. The van der Waals surface area contributed by atoms with Crippen molar-refractivity contribution in [3.63, 3.8) is 0 Å². The minimum Gasteiger partial charge on any atom is -0.321 e. The summed E-state index contributed by atoms with van der Waals surface area (Å²) >= 11 is 3.44. The fraction of sp³-hybridized carbons (Fsp3) is 0.259. The summed E-state index contributed by atoms with van der Waals surface area (Å²) in [4.78, 5) is 13.1. The fourth-order valence-corrected chi connectivity index (χ4v) is 6.06. The van der Waals surface area contributed by atoms with E-state index in [4.69, 9.17) is 0 Å². The van der Waals surface area contributed by atoms with Gasteiger partial charge in [-0.25, -0.2) is 8.42 Å². The van der Waals surface area contributed by atoms with Crippen LogP contribution < -0.4 is 5.32 Å². The molecule has 0 aliphatic heterocycles. The number of rotatable bonds is 8. The zero-order chi connectivity index (χ0) is 26.6. The third kappa shape index (κ3) is 5.62. The highest BCUT2D eigenvalue weighted by molar-refractivity contribution is 9.10. The van der Waals surface area contributed by atoms with Gasteiger partial charge in [-0.2, -0.15) is 9.57 Å². The van der Waals surface area contributed by atoms with Crippen LogP contribution in [-0.4, -0.2) is 36.3 Å². The molecule has 0 fully saturated rings. The summed E-state index contributed by atoms with van der Waals surface area (Å²) in [6.07, 6.45) is 1.55. The van der Waals surface area contributed by atoms with E-state index in [0.717, 1.165) is 27.1 Å². The normalized spacial score (nSPS) is 12.0. The maximum Gasteiger partial charge on any atom is 0.266 e. The second kappa shape index (κ2) is 11.2. The predicted molar refractivity (Wildman–Crippen MR) is 146 cm³/mol. The van der Waals surface area contributed by atoms with Crippen LogP contribution in [0.1, 0.15) is 36.4 Å². The van der Waals surface area contributed by atoms with Crippen LogP contribution in [0.15, 0.2) is 63.5 Å². The molecular formula is C27H29BrN4O3S. The van der Waals surface area contributed by atoms with Crippen LogP contribution in [0.3, 0.4) is 0 Å². The monoisotopic (exact) mass is 568 g/mol. The number of hydrogen-bond donors (Lipinski definition) is 1. The summed E-state index contributed by atoms with van der Waals surface area (Å²) in [5.74, 6) is -0.610. The van der Waals surface area contributed by atoms with Crippen molar-refractivity contribution in [3.05, 3.63) is 81.1 Å². The summed E-state index contributed by atoms with van der Waals surface area (Å²) in [5.41, 5.74) is 4.36. The molecule has 3 rings (SSSR count). The second-order valence-corrected chi connectivity index (χ2v) is 11.2. The number of halogens is 1. The average Bonchev–Trinajstić information content (AvgIpc) is 3.12. The molecule has 0 unspecified atom stereocenters. The van der Waals surface area contributed by atoms with Gasteiger partial charge in [-0.1, -0.05) is 35.8 Å². The fourth-order valence-electron chi connectivity index (χ4n) is 4.08. The number of sulfonamides is 1. The van der Waals surface area contributed by atoms with Crippen molar-refractivity contribution in [1.29, 1.82) is 5.26 Å². The third-order valence-electron chi connectivity index (χ3n) is 5.99. The number of nitriles is 1. The molecule has 0 saturated carbocycles. The number of carbonyl (C=O) groups is 1. The summed E-state index contributed by atoms with van der Waals surface area (Å²) in [7, 11) is -3.70. The number of amides is 1. The number of nitrogens with zero attached hydrogens (tertiary/aromatic N) is 3. The lowest BCUT2D eigenvalue weighted by Gasteiger charge is -2.20. The van der Waals surface area contributed by atoms with Crippen LogP contribution in [0.5, 0.6) is 0 Å². The Kier molecular flexibility index (Phi) is 8.56. The minimum atomic E-state index is -3.70. The van der Waals surface area contributed by atoms with E-state index in [-0.39, 0.29) is 10.5 Å². The maximum atomic E-state index is 13.0. The first kappa shape index (κ1) is 27.4. The molecule has 0 saturated heterocycles. The predicted octanol–water partition coefficient (Wildman–Crippen LogP) is 5.74. The van der Waals surface area contributed by atoms with Gasteiger partial charge in [0.05, 0.1) is 4.90 Å². The Balaban J connectivity index is 1.93. The number of aryl methyl sites for hydroxylation is 2. The van der Waals surface area contributed by atoms with E-state index in [2.05, 4.69) is 25.8 Å². The Morgan fingerprint density at radius 3 is 2.31 bits per heavy atom. The van der Waals surface area contributed by atoms with E-state index in [1.807, 2.05) is 50.2 Å². The molecule has 1 heterocycles. The molecule has 0 aliphatic carbocycles. The van der Waals surface area contributed by atoms with Gasteiger partial charge in [0.15, 0.2) is 0 Å². The molecule has 0 spiro atoms. The number of hydrogen-bond acceptors (Lipinski definition) is 4. The molecule has 0 atom stereocenters. The summed E-state index contributed by atoms with van der Waals surface area (Å²) in [6, 6.07) is 16.5. The van der Waals surface area contributed by atoms with Crippen molar-refractivity contribution in [2.45, 2.75) is 39.5 Å². The van der Waals surface area contributed by atoms with Crippen LogP contribution >= 0.6 is 15.9 Å². The SMILES string of the molecule is CCN(CC)S(=O)(=O)c1cc(NC(=O)C(C#N)=Cc2cc(C)n(-c3ccc(Br)cc3)c2C)ccc1C. The van der Waals surface area contributed by atoms with Crippen molar-refractivity contribution in [2.24, 2.45) is 0 Å². The van der Waals surface area contributed by atoms with Crippen molar-refractivity contribution in [3.8, 4) is 11.8 Å². The number of nitrogens with one attached hydrogen (secondary N) is 1. The van der Waals surface area contributed by atoms with Crippen molar-refractivity contribution in [1.82, 2.24) is 8.87 Å². The molecule has 9 heteroatoms. The molecule has 1 aromatic heterocycles. The van der Waals surface area contributed by atoms with Crippen LogP contribution in [0, 0.1) is 32.1 Å². The third-order valence-corrected chi connectivity index (χ3v) is 8.71. The highest BCUT2D eigenvalue weighted by atomic mass is 79.9. The quantitative estimate of drug-likeness (QED) is 0.277. The topological polar surface area (TPSA) is 95.2 Å². The molecule has 188 valence electrons. The molecule has 1 N–H and O–H groups in total. The van der Waals surface area contributed by atoms with Gasteiger partial charge in [0.25, 0.3) is 5.91 Å². The smallest absolute Gasteiger partial charge is 0.266 e. The number of anilines is 1. The van der Waals surface area contributed by atoms with Crippen LogP contribution in [0.25, 0.3) is 11.8 Å². The standard InChI is InChI=1S/C27H29BrN4O3S/c1-6-31(7-2)36(34,35)26-16-24(11-8-18(26)3)30-27(33)22(17-29)15-21-14-19(4)32(20(21)5)25-12-9-23(28)10-13-25/h8-16H,6-7H2,1-5H3,(H,30,33). The molecule has 1 amide bonds. The average molecular weight is 570 g/mol. The first-order valence-electron chi connectivity index (χ1n) is 11.5. The summed E-state index contributed by atoms with van der Waals surface area (Å²) in [6.45, 7) is 9.84. The van der Waals surface area contributed by atoms with Gasteiger partial charge in [0.2, 0.25) is 10.0 Å². The van der Waals surface area contributed by atoms with Gasteiger partial charge in [0.1, 0.15) is 11.6 Å². The van der Waals surface area contributed by atoms with Gasteiger partial charge in [0, 0.05) is 40.3 Å². The summed E-state index contributed by atoms with van der Waals surface area (Å²) < 4.78 is 30.5. The molecule has 2 aromatic carbocycles. The van der Waals surface area contributed by atoms with E-state index < -0.39 is 15.9 Å². The number of carbonyl (C=O) groups excluding carboxylic acids is 1. The molecule has 0 radical (unpaired) electrons. The molecule has 0 aliphatic rings. The van der Waals surface area contributed by atoms with Gasteiger partial charge in [-0.05, 0) is 80.4 Å². The Morgan fingerprint density at radius 1 is 1.08 bits per heavy atom. The van der Waals surface area contributed by atoms with Gasteiger partial charge in [-0.3, -0.25) is 4.79 Å². The first-order valence-corrected chi connectivity index (χ1v) is 13.8. The van der Waals surface area contributed by atoms with Gasteiger partial charge < -0.3 is 9.88 Å². The Bertz CT molecular complexity index is 1460. The molecule has 7 nitrogen and oxygen atoms in total. The van der Waals surface area contributed by atoms with E-state index in [1.54, 1.807) is 39.0 Å². The van der Waals surface area contributed by atoms with E-state index in [0.29, 0.717) is 24.3 Å². The summed E-state index contributed by atoms with van der Waals surface area (Å²) in [5, 5.41) is 12.4. The van der Waals surface area contributed by atoms with E-state index in [1.165, 1.54) is 10.4 Å². The molecule has 0 bridgehead atoms. The highest BCUT2D eigenvalue weighted by Crippen LogP contribution is 2.26. The minimum absolute atomic E-state index is 0.0835. The number of aromatic nitrogens is 1. The van der Waals surface area contributed by atoms with Gasteiger partial charge in [-0.15, -0.1) is 0 Å². The van der Waals surface area contributed by atoms with Crippen LogP contribution in [-0.2, 0) is 14.8 Å². The number of benzene rings is 2. The Hall–Kier alpha value is -3.19. The molecular weight excluding hydrogens is 540 g/mol. The van der Waals surface area contributed by atoms with Crippen LogP contribution in [0.4, 0.5) is 5.69 Å². The van der Waals surface area contributed by atoms with Crippen molar-refractivity contribution in [2.75, 3.05) is 18.4 Å². The Morgan fingerprint density at radius 2 is 1.72 bits per heavy atom. The first-order chi connectivity index (χ1) is 17.0. The van der Waals surface area contributed by atoms with Gasteiger partial charge >= 0.3 is 0 Å². The second-order valence-electron chi connectivity index (χ2n) is 8.33. The zero-order valence-corrected chi connectivity index (χ0v) is 23.4. The molecule has 36 heavy (non-hydrogen) atoms. The lowest BCUT2D eigenvalue weighted by atomic mass is 10.1.